The van der Waals surface area contributed by atoms with Gasteiger partial charge < -0.3 is 10.2 Å². The van der Waals surface area contributed by atoms with Crippen LogP contribution in [-0.2, 0) is 0 Å². The fourth-order valence-electron chi connectivity index (χ4n) is 0.622. The minimum Gasteiger partial charge on any atom is -0.504 e. The molecule has 1 aromatic heterocycles. The number of aryl methyl sites for hydroxylation is 1. The second-order valence-electron chi connectivity index (χ2n) is 2.03. The maximum absolute atomic E-state index is 8.87. The highest BCUT2D eigenvalue weighted by molar-refractivity contribution is 5.33. The molecule has 1 heterocycles. The summed E-state index contributed by atoms with van der Waals surface area (Å²) in [6.07, 6.45) is 1.02. The lowest BCUT2D eigenvalue weighted by Crippen LogP contribution is -2.32. The van der Waals surface area contributed by atoms with E-state index in [0.29, 0.717) is 5.69 Å². The zero-order valence-electron chi connectivity index (χ0n) is 7.44. The van der Waals surface area contributed by atoms with Crippen molar-refractivity contribution in [1.82, 2.24) is 0 Å². The Hall–Kier alpha value is -1.45. The Balaban J connectivity index is 0.000000561. The van der Waals surface area contributed by atoms with Crippen molar-refractivity contribution < 1.29 is 20.2 Å². The van der Waals surface area contributed by atoms with Gasteiger partial charge in [0.2, 0.25) is 11.4 Å². The summed E-state index contributed by atoms with van der Waals surface area (Å²) in [4.78, 5) is 0. The van der Waals surface area contributed by atoms with Gasteiger partial charge in [0.05, 0.1) is 6.07 Å². The van der Waals surface area contributed by atoms with Crippen molar-refractivity contribution in [3.63, 3.8) is 0 Å². The normalized spacial score (nSPS) is 8.58. The summed E-state index contributed by atoms with van der Waals surface area (Å²) in [5.41, 5.74) is 0.454. The first-order valence-corrected chi connectivity index (χ1v) is 3.75. The van der Waals surface area contributed by atoms with Gasteiger partial charge in [-0.25, -0.2) is 0 Å². The maximum Gasteiger partial charge on any atom is 0.267 e. The van der Waals surface area contributed by atoms with Crippen LogP contribution in [0.2, 0.25) is 0 Å². The molecule has 0 fully saturated rings. The second-order valence-corrected chi connectivity index (χ2v) is 2.03. The third-order valence-corrected chi connectivity index (χ3v) is 1.21. The molecule has 0 aliphatic carbocycles. The maximum atomic E-state index is 8.87. The number of hydrogen-bond donors (Lipinski definition) is 3. The topological polar surface area (TPSA) is 64.6 Å². The van der Waals surface area contributed by atoms with Gasteiger partial charge in [-0.3, -0.25) is 5.21 Å². The van der Waals surface area contributed by atoms with Crippen LogP contribution in [0.4, 0.5) is 0 Å². The standard InChI is InChI=1S/C6H7NO3.C2H6/c1-4-2-5(8)6(9)3-7(4)10;1-2/h2-3,9-10H,1H3;1-2H3/p+1. The molecule has 4 heteroatoms. The average molecular weight is 172 g/mol. The third-order valence-electron chi connectivity index (χ3n) is 1.21. The second kappa shape index (κ2) is 4.43. The van der Waals surface area contributed by atoms with E-state index in [-0.39, 0.29) is 11.5 Å². The van der Waals surface area contributed by atoms with E-state index in [9.17, 15) is 0 Å². The Labute approximate surface area is 71.3 Å². The van der Waals surface area contributed by atoms with Crippen molar-refractivity contribution in [1.29, 1.82) is 0 Å². The molecule has 68 valence electrons. The lowest BCUT2D eigenvalue weighted by atomic mass is 10.3. The van der Waals surface area contributed by atoms with Crippen molar-refractivity contribution >= 4 is 0 Å². The SMILES string of the molecule is CC.Cc1cc(O)c(O)c[n+]1O. The van der Waals surface area contributed by atoms with Gasteiger partial charge in [-0.05, 0) is 0 Å². The van der Waals surface area contributed by atoms with Crippen molar-refractivity contribution in [3.05, 3.63) is 18.0 Å². The van der Waals surface area contributed by atoms with E-state index in [1.807, 2.05) is 13.8 Å². The van der Waals surface area contributed by atoms with Gasteiger partial charge in [-0.15, -0.1) is 0 Å². The highest BCUT2D eigenvalue weighted by atomic mass is 16.5. The van der Waals surface area contributed by atoms with Crippen LogP contribution in [-0.4, -0.2) is 15.4 Å². The van der Waals surface area contributed by atoms with Crippen molar-refractivity contribution in [2.75, 3.05) is 0 Å². The number of aromatic hydroxyl groups is 2. The van der Waals surface area contributed by atoms with Crippen LogP contribution in [0.1, 0.15) is 19.5 Å². The van der Waals surface area contributed by atoms with E-state index in [2.05, 4.69) is 0 Å². The first-order valence-electron chi connectivity index (χ1n) is 3.75. The predicted octanol–water partition coefficient (Wildman–Crippen LogP) is 0.957. The summed E-state index contributed by atoms with van der Waals surface area (Å²) in [5.74, 6) is -0.573. The summed E-state index contributed by atoms with van der Waals surface area (Å²) in [6.45, 7) is 5.60. The summed E-state index contributed by atoms with van der Waals surface area (Å²) < 4.78 is 0.731. The molecule has 0 aliphatic rings. The molecule has 0 amide bonds. The van der Waals surface area contributed by atoms with Crippen LogP contribution in [0.3, 0.4) is 0 Å². The predicted molar refractivity (Wildman–Crippen MR) is 43.2 cm³/mol. The Morgan fingerprint density at radius 2 is 1.67 bits per heavy atom. The largest absolute Gasteiger partial charge is 0.504 e. The molecule has 0 saturated carbocycles. The minimum absolute atomic E-state index is 0.234. The molecule has 0 saturated heterocycles. The van der Waals surface area contributed by atoms with E-state index in [1.165, 1.54) is 6.07 Å². The van der Waals surface area contributed by atoms with Crippen molar-refractivity contribution in [2.45, 2.75) is 20.8 Å². The summed E-state index contributed by atoms with van der Waals surface area (Å²) in [7, 11) is 0. The van der Waals surface area contributed by atoms with Crippen LogP contribution < -0.4 is 4.73 Å². The van der Waals surface area contributed by atoms with E-state index < -0.39 is 0 Å². The van der Waals surface area contributed by atoms with Gasteiger partial charge in [-0.1, -0.05) is 13.8 Å². The summed E-state index contributed by atoms with van der Waals surface area (Å²) in [5, 5.41) is 26.5. The van der Waals surface area contributed by atoms with Gasteiger partial charge in [0.25, 0.3) is 6.20 Å². The molecule has 0 bridgehead atoms. The van der Waals surface area contributed by atoms with Gasteiger partial charge >= 0.3 is 0 Å². The van der Waals surface area contributed by atoms with E-state index in [0.717, 1.165) is 10.9 Å². The quantitative estimate of drug-likeness (QED) is 0.403. The molecule has 12 heavy (non-hydrogen) atoms. The fourth-order valence-corrected chi connectivity index (χ4v) is 0.622. The number of aromatic nitrogens is 1. The Kier molecular flexibility index (Phi) is 3.90. The Bertz CT molecular complexity index is 210. The van der Waals surface area contributed by atoms with Crippen LogP contribution in [0.5, 0.6) is 11.5 Å². The molecule has 3 N–H and O–H groups in total. The smallest absolute Gasteiger partial charge is 0.267 e. The van der Waals surface area contributed by atoms with Gasteiger partial charge in [0.1, 0.15) is 0 Å². The highest BCUT2D eigenvalue weighted by Crippen LogP contribution is 2.20. The zero-order valence-corrected chi connectivity index (χ0v) is 7.44. The summed E-state index contributed by atoms with van der Waals surface area (Å²) >= 11 is 0. The molecule has 0 spiro atoms. The fraction of sp³-hybridized carbons (Fsp3) is 0.375. The lowest BCUT2D eigenvalue weighted by molar-refractivity contribution is -0.909. The van der Waals surface area contributed by atoms with E-state index in [4.69, 9.17) is 15.4 Å². The van der Waals surface area contributed by atoms with Crippen molar-refractivity contribution in [3.8, 4) is 11.5 Å². The average Bonchev–Trinajstić information content (AvgIpc) is 2.05. The highest BCUT2D eigenvalue weighted by Gasteiger charge is 2.10. The van der Waals surface area contributed by atoms with Crippen molar-refractivity contribution in [2.24, 2.45) is 0 Å². The number of nitrogens with zero attached hydrogens (tertiary/aromatic N) is 1. The molecule has 0 aliphatic heterocycles. The summed E-state index contributed by atoms with van der Waals surface area (Å²) in [6, 6.07) is 1.26. The van der Waals surface area contributed by atoms with E-state index >= 15 is 0 Å². The third kappa shape index (κ3) is 2.30. The molecule has 0 radical (unpaired) electrons. The van der Waals surface area contributed by atoms with Gasteiger partial charge in [0.15, 0.2) is 5.75 Å². The van der Waals surface area contributed by atoms with E-state index in [1.54, 1.807) is 6.92 Å². The van der Waals surface area contributed by atoms with Crippen LogP contribution in [0.25, 0.3) is 0 Å². The first kappa shape index (κ1) is 10.6. The lowest BCUT2D eigenvalue weighted by Gasteiger charge is -1.93. The Morgan fingerprint density at radius 1 is 1.17 bits per heavy atom. The molecule has 1 rings (SSSR count). The van der Waals surface area contributed by atoms with Gasteiger partial charge in [-0.2, -0.15) is 0 Å². The van der Waals surface area contributed by atoms with Crippen LogP contribution in [0.15, 0.2) is 12.3 Å². The minimum atomic E-state index is -0.340. The molecule has 0 aromatic carbocycles. The monoisotopic (exact) mass is 172 g/mol. The first-order chi connectivity index (χ1) is 5.61. The number of rotatable bonds is 0. The van der Waals surface area contributed by atoms with Gasteiger partial charge in [0, 0.05) is 11.7 Å². The van der Waals surface area contributed by atoms with Crippen LogP contribution in [0, 0.1) is 6.92 Å². The molecule has 0 atom stereocenters. The molecular formula is C8H14NO3+. The number of pyridine rings is 1. The number of hydrogen-bond acceptors (Lipinski definition) is 3. The molecular weight excluding hydrogens is 158 g/mol. The molecule has 4 nitrogen and oxygen atoms in total. The molecule has 0 unspecified atom stereocenters. The zero-order chi connectivity index (χ0) is 9.72. The van der Waals surface area contributed by atoms with Crippen LogP contribution >= 0.6 is 0 Å². The Morgan fingerprint density at radius 3 is 2.08 bits per heavy atom. The molecule has 1 aromatic rings.